The van der Waals surface area contributed by atoms with Gasteiger partial charge in [-0.15, -0.1) is 11.6 Å². The number of fused-ring (bicyclic) bond motifs is 1. The zero-order valence-electron chi connectivity index (χ0n) is 12.0. The van der Waals surface area contributed by atoms with Gasteiger partial charge >= 0.3 is 11.8 Å². The van der Waals surface area contributed by atoms with Gasteiger partial charge < -0.3 is 9.84 Å². The third kappa shape index (κ3) is 2.72. The van der Waals surface area contributed by atoms with E-state index < -0.39 is 11.3 Å². The Labute approximate surface area is 128 Å². The van der Waals surface area contributed by atoms with Gasteiger partial charge in [-0.2, -0.15) is 0 Å². The number of halogens is 1. The number of alkyl halides is 1. The maximum atomic E-state index is 11.1. The highest BCUT2D eigenvalue weighted by molar-refractivity contribution is 6.38. The van der Waals surface area contributed by atoms with Crippen molar-refractivity contribution in [2.45, 2.75) is 12.3 Å². The standard InChI is InChI=1S/C16H15ClO4/c1-9(16(18)19)8-12-13(17)15(21-3)11-7-5-4-6-10(11)14(12)20-2/h4-8,13H,1-3H3/p+1/b9-8-. The maximum absolute atomic E-state index is 11.1. The SMILES string of the molecule is COC1=C(/C=C(/C)C(=O)O)C(Cl)C(=[O+]C)c2ccccc21. The van der Waals surface area contributed by atoms with Crippen molar-refractivity contribution in [1.29, 1.82) is 0 Å². The molecular formula is C16H16ClO4+. The molecule has 1 N–H and O–H groups in total. The summed E-state index contributed by atoms with van der Waals surface area (Å²) in [6, 6.07) is 7.55. The van der Waals surface area contributed by atoms with E-state index in [-0.39, 0.29) is 5.57 Å². The molecule has 0 aromatic heterocycles. The minimum atomic E-state index is -1.00. The molecule has 0 amide bonds. The van der Waals surface area contributed by atoms with Crippen molar-refractivity contribution in [3.63, 3.8) is 0 Å². The number of carbonyl (C=O) groups is 1. The molecule has 0 saturated carbocycles. The highest BCUT2D eigenvalue weighted by atomic mass is 35.5. The van der Waals surface area contributed by atoms with Crippen LogP contribution in [0.5, 0.6) is 0 Å². The van der Waals surface area contributed by atoms with E-state index in [1.54, 1.807) is 7.11 Å². The first kappa shape index (κ1) is 15.3. The average molecular weight is 308 g/mol. The van der Waals surface area contributed by atoms with Gasteiger partial charge in [-0.25, -0.2) is 4.79 Å². The van der Waals surface area contributed by atoms with Crippen LogP contribution in [0.1, 0.15) is 22.5 Å². The van der Waals surface area contributed by atoms with Crippen LogP contribution in [0.2, 0.25) is 0 Å². The van der Waals surface area contributed by atoms with Crippen LogP contribution in [0, 0.1) is 0 Å². The summed E-state index contributed by atoms with van der Waals surface area (Å²) >= 11 is 6.46. The topological polar surface area (TPSA) is 57.8 Å². The number of methoxy groups -OCH3 is 1. The first-order chi connectivity index (χ1) is 10.0. The summed E-state index contributed by atoms with van der Waals surface area (Å²) in [6.45, 7) is 1.51. The maximum Gasteiger partial charge on any atom is 0.349 e. The number of carbonyl (C=O) groups excluding carboxylic acids is 1. The lowest BCUT2D eigenvalue weighted by Crippen LogP contribution is -2.26. The molecular weight excluding hydrogens is 292 g/mol. The second-order valence-corrected chi connectivity index (χ2v) is 5.03. The summed E-state index contributed by atoms with van der Waals surface area (Å²) in [7, 11) is 3.09. The van der Waals surface area contributed by atoms with E-state index in [9.17, 15) is 4.79 Å². The van der Waals surface area contributed by atoms with Crippen molar-refractivity contribution in [3.05, 3.63) is 52.6 Å². The van der Waals surface area contributed by atoms with Crippen LogP contribution in [-0.2, 0) is 9.53 Å². The predicted molar refractivity (Wildman–Crippen MR) is 81.7 cm³/mol. The highest BCUT2D eigenvalue weighted by Crippen LogP contribution is 2.35. The summed E-state index contributed by atoms with van der Waals surface area (Å²) in [6.07, 6.45) is 1.52. The van der Waals surface area contributed by atoms with Gasteiger partial charge in [-0.1, -0.05) is 18.2 Å². The molecule has 1 aromatic rings. The van der Waals surface area contributed by atoms with E-state index in [4.69, 9.17) is 25.9 Å². The van der Waals surface area contributed by atoms with Gasteiger partial charge in [0.1, 0.15) is 5.76 Å². The van der Waals surface area contributed by atoms with Gasteiger partial charge in [0.2, 0.25) is 0 Å². The Hall–Kier alpha value is -2.07. The van der Waals surface area contributed by atoms with E-state index in [1.807, 2.05) is 24.3 Å². The van der Waals surface area contributed by atoms with Gasteiger partial charge in [-0.3, -0.25) is 4.42 Å². The lowest BCUT2D eigenvalue weighted by Gasteiger charge is -2.21. The van der Waals surface area contributed by atoms with Crippen molar-refractivity contribution < 1.29 is 19.1 Å². The minimum absolute atomic E-state index is 0.181. The molecule has 0 fully saturated rings. The van der Waals surface area contributed by atoms with Crippen LogP contribution in [-0.4, -0.2) is 36.5 Å². The molecule has 1 aromatic carbocycles. The zero-order valence-corrected chi connectivity index (χ0v) is 12.8. The van der Waals surface area contributed by atoms with Gasteiger partial charge in [0.05, 0.1) is 12.7 Å². The number of hydrogen-bond acceptors (Lipinski definition) is 2. The summed E-state index contributed by atoms with van der Waals surface area (Å²) in [5.41, 5.74) is 2.44. The summed E-state index contributed by atoms with van der Waals surface area (Å²) in [5, 5.41) is 8.46. The minimum Gasteiger partial charge on any atom is -0.496 e. The third-order valence-electron chi connectivity index (χ3n) is 3.34. The first-order valence-corrected chi connectivity index (χ1v) is 6.79. The molecule has 1 aliphatic carbocycles. The second kappa shape index (κ2) is 6.14. The van der Waals surface area contributed by atoms with Crippen LogP contribution in [0.25, 0.3) is 5.76 Å². The van der Waals surface area contributed by atoms with E-state index in [1.165, 1.54) is 20.1 Å². The van der Waals surface area contributed by atoms with Crippen LogP contribution >= 0.6 is 11.6 Å². The van der Waals surface area contributed by atoms with Crippen molar-refractivity contribution in [2.75, 3.05) is 14.2 Å². The number of rotatable bonds is 3. The number of allylic oxidation sites excluding steroid dienone is 2. The summed E-state index contributed by atoms with van der Waals surface area (Å²) < 4.78 is 10.9. The van der Waals surface area contributed by atoms with Crippen molar-refractivity contribution in [1.82, 2.24) is 0 Å². The number of ketones is 1. The van der Waals surface area contributed by atoms with Crippen molar-refractivity contribution >= 4 is 29.1 Å². The lowest BCUT2D eigenvalue weighted by atomic mass is 9.88. The molecule has 21 heavy (non-hydrogen) atoms. The van der Waals surface area contributed by atoms with Gasteiger partial charge in [0, 0.05) is 16.7 Å². The molecule has 0 saturated heterocycles. The molecule has 0 spiro atoms. The number of aliphatic carboxylic acids is 1. The second-order valence-electron chi connectivity index (χ2n) is 4.60. The molecule has 1 atom stereocenters. The quantitative estimate of drug-likeness (QED) is 0.530. The van der Waals surface area contributed by atoms with E-state index >= 15 is 0 Å². The Morgan fingerprint density at radius 3 is 2.52 bits per heavy atom. The molecule has 5 heteroatoms. The van der Waals surface area contributed by atoms with E-state index in [2.05, 4.69) is 0 Å². The molecule has 4 nitrogen and oxygen atoms in total. The number of ether oxygens (including phenoxy) is 1. The Morgan fingerprint density at radius 1 is 1.38 bits per heavy atom. The van der Waals surface area contributed by atoms with E-state index in [0.717, 1.165) is 11.1 Å². The van der Waals surface area contributed by atoms with Crippen LogP contribution < -0.4 is 0 Å². The van der Waals surface area contributed by atoms with Gasteiger partial charge in [0.15, 0.2) is 5.38 Å². The van der Waals surface area contributed by atoms with Crippen molar-refractivity contribution in [3.8, 4) is 0 Å². The Morgan fingerprint density at radius 2 is 2.00 bits per heavy atom. The molecule has 2 rings (SSSR count). The van der Waals surface area contributed by atoms with Crippen LogP contribution in [0.4, 0.5) is 0 Å². The smallest absolute Gasteiger partial charge is 0.349 e. The third-order valence-corrected chi connectivity index (χ3v) is 3.77. The monoisotopic (exact) mass is 307 g/mol. The molecule has 0 aliphatic heterocycles. The summed E-state index contributed by atoms with van der Waals surface area (Å²) in [5.74, 6) is 0.143. The van der Waals surface area contributed by atoms with E-state index in [0.29, 0.717) is 17.1 Å². The zero-order chi connectivity index (χ0) is 15.6. The number of carboxylic acids is 1. The van der Waals surface area contributed by atoms with Gasteiger partial charge in [0.25, 0.3) is 7.11 Å². The first-order valence-electron chi connectivity index (χ1n) is 6.35. The molecule has 1 unspecified atom stereocenters. The van der Waals surface area contributed by atoms with Crippen LogP contribution in [0.3, 0.4) is 0 Å². The molecule has 0 heterocycles. The largest absolute Gasteiger partial charge is 0.496 e. The van der Waals surface area contributed by atoms with Gasteiger partial charge in [-0.05, 0) is 19.1 Å². The predicted octanol–water partition coefficient (Wildman–Crippen LogP) is 3.04. The van der Waals surface area contributed by atoms with Crippen molar-refractivity contribution in [2.24, 2.45) is 0 Å². The number of benzene rings is 1. The average Bonchev–Trinajstić information content (AvgIpc) is 2.48. The highest BCUT2D eigenvalue weighted by Gasteiger charge is 2.38. The normalized spacial score (nSPS) is 20.5. The fourth-order valence-electron chi connectivity index (χ4n) is 2.32. The fraction of sp³-hybridized carbons (Fsp3) is 0.250. The summed E-state index contributed by atoms with van der Waals surface area (Å²) in [4.78, 5) is 11.1. The van der Waals surface area contributed by atoms with Crippen LogP contribution in [0.15, 0.2) is 41.5 Å². The molecule has 0 bridgehead atoms. The number of hydrogen-bond donors (Lipinski definition) is 1. The lowest BCUT2D eigenvalue weighted by molar-refractivity contribution is -0.225. The number of carboxylic acid groups (broad SMARTS) is 1. The fourth-order valence-corrected chi connectivity index (χ4v) is 2.69. The molecule has 1 aliphatic rings. The Balaban J connectivity index is 2.73. The molecule has 110 valence electrons. The molecule has 0 radical (unpaired) electrons. The Bertz CT molecular complexity index is 671. The Kier molecular flexibility index (Phi) is 4.48.